The van der Waals surface area contributed by atoms with Gasteiger partial charge in [0, 0.05) is 9.86 Å². The summed E-state index contributed by atoms with van der Waals surface area (Å²) in [4.78, 5) is 38.5. The smallest absolute Gasteiger partial charge is 0.425 e. The Morgan fingerprint density at radius 1 is 1.07 bits per heavy atom. The van der Waals surface area contributed by atoms with E-state index in [9.17, 15) is 24.8 Å². The van der Waals surface area contributed by atoms with E-state index in [0.29, 0.717) is 13.9 Å². The molecule has 2 aromatic rings. The van der Waals surface area contributed by atoms with E-state index in [0.717, 1.165) is 0 Å². The van der Waals surface area contributed by atoms with Crippen molar-refractivity contribution in [2.45, 2.75) is 52.7 Å². The van der Waals surface area contributed by atoms with Gasteiger partial charge in [-0.25, -0.2) is 19.0 Å². The van der Waals surface area contributed by atoms with Gasteiger partial charge in [0.25, 0.3) is 0 Å². The molecule has 0 unspecified atom stereocenters. The summed E-state index contributed by atoms with van der Waals surface area (Å²) >= 11 is 3.30. The van der Waals surface area contributed by atoms with Gasteiger partial charge < -0.3 is 14.6 Å². The quantitative estimate of drug-likeness (QED) is 0.574. The topological polar surface area (TPSA) is 122 Å². The molecular weight excluding hydrogens is 458 g/mol. The number of aromatic nitrogens is 1. The van der Waals surface area contributed by atoms with Crippen LogP contribution in [-0.2, 0) is 9.47 Å². The minimum Gasteiger partial charge on any atom is -0.464 e. The first-order valence-electron chi connectivity index (χ1n) is 8.90. The Kier molecular flexibility index (Phi) is 6.18. The van der Waals surface area contributed by atoms with Gasteiger partial charge in [-0.2, -0.15) is 10.2 Å². The Hall–Kier alpha value is -3.06. The molecule has 1 N–H and O–H groups in total. The molecule has 0 bridgehead atoms. The van der Waals surface area contributed by atoms with Gasteiger partial charge in [-0.05, 0) is 53.7 Å². The number of amides is 2. The highest BCUT2D eigenvalue weighted by molar-refractivity contribution is 9.10. The van der Waals surface area contributed by atoms with Crippen LogP contribution in [0.5, 0.6) is 0 Å². The van der Waals surface area contributed by atoms with Gasteiger partial charge in [0.15, 0.2) is 5.82 Å². The first-order chi connectivity index (χ1) is 13.7. The molecule has 0 fully saturated rings. The number of nitriles is 1. The van der Waals surface area contributed by atoms with Gasteiger partial charge in [-0.1, -0.05) is 22.0 Å². The molecule has 0 saturated heterocycles. The van der Waals surface area contributed by atoms with E-state index in [1.165, 1.54) is 6.07 Å². The van der Waals surface area contributed by atoms with Crippen LogP contribution in [-0.4, -0.2) is 39.2 Å². The zero-order valence-corrected chi connectivity index (χ0v) is 19.0. The number of imide groups is 1. The Bertz CT molecular complexity index is 1040. The molecule has 0 spiro atoms. The van der Waals surface area contributed by atoms with E-state index in [1.807, 2.05) is 6.07 Å². The molecule has 1 aromatic carbocycles. The monoisotopic (exact) mass is 479 g/mol. The van der Waals surface area contributed by atoms with Gasteiger partial charge in [-0.15, -0.1) is 0 Å². The fraction of sp³-hybridized carbons (Fsp3) is 0.400. The van der Waals surface area contributed by atoms with Crippen LogP contribution in [0.1, 0.15) is 47.1 Å². The molecule has 0 saturated carbocycles. The fourth-order valence-corrected chi connectivity index (χ4v) is 3.21. The summed E-state index contributed by atoms with van der Waals surface area (Å²) in [7, 11) is 0. The highest BCUT2D eigenvalue weighted by Crippen LogP contribution is 2.38. The summed E-state index contributed by atoms with van der Waals surface area (Å²) in [6.07, 6.45) is -3.84. The lowest BCUT2D eigenvalue weighted by molar-refractivity contribution is 0.0428. The van der Waals surface area contributed by atoms with Crippen molar-refractivity contribution in [2.75, 3.05) is 4.90 Å². The average molecular weight is 480 g/mol. The van der Waals surface area contributed by atoms with Crippen molar-refractivity contribution in [3.05, 3.63) is 28.2 Å². The Morgan fingerprint density at radius 3 is 1.97 bits per heavy atom. The Balaban J connectivity index is 2.90. The number of hydrogen-bond acceptors (Lipinski definition) is 6. The van der Waals surface area contributed by atoms with Crippen LogP contribution < -0.4 is 4.90 Å². The number of ether oxygens (including phenoxy) is 2. The predicted molar refractivity (Wildman–Crippen MR) is 113 cm³/mol. The molecule has 30 heavy (non-hydrogen) atoms. The Morgan fingerprint density at radius 2 is 1.57 bits per heavy atom. The zero-order valence-electron chi connectivity index (χ0n) is 17.4. The lowest BCUT2D eigenvalue weighted by atomic mass is 10.2. The number of hydrogen-bond donors (Lipinski definition) is 1. The van der Waals surface area contributed by atoms with Gasteiger partial charge in [-0.3, -0.25) is 0 Å². The van der Waals surface area contributed by atoms with Crippen LogP contribution in [0.15, 0.2) is 22.7 Å². The lowest BCUT2D eigenvalue weighted by Crippen LogP contribution is -2.45. The summed E-state index contributed by atoms with van der Waals surface area (Å²) in [5.41, 5.74) is -2.08. The molecule has 0 aliphatic rings. The molecule has 9 nitrogen and oxygen atoms in total. The normalized spacial score (nSPS) is 11.7. The summed E-state index contributed by atoms with van der Waals surface area (Å²) in [6, 6.07) is 6.55. The number of carbonyl (C=O) groups excluding carboxylic acids is 2. The highest BCUT2D eigenvalue weighted by Gasteiger charge is 2.39. The van der Waals surface area contributed by atoms with Gasteiger partial charge >= 0.3 is 18.3 Å². The van der Waals surface area contributed by atoms with Gasteiger partial charge in [0.1, 0.15) is 22.8 Å². The van der Waals surface area contributed by atoms with Crippen LogP contribution in [0.2, 0.25) is 0 Å². The van der Waals surface area contributed by atoms with E-state index < -0.39 is 35.3 Å². The van der Waals surface area contributed by atoms with E-state index >= 15 is 0 Å². The van der Waals surface area contributed by atoms with Crippen molar-refractivity contribution in [1.82, 2.24) is 4.57 Å². The summed E-state index contributed by atoms with van der Waals surface area (Å²) in [5, 5.41) is 19.9. The van der Waals surface area contributed by atoms with E-state index in [2.05, 4.69) is 15.9 Å². The predicted octanol–water partition coefficient (Wildman–Crippen LogP) is 5.48. The van der Waals surface area contributed by atoms with Crippen molar-refractivity contribution < 1.29 is 29.0 Å². The van der Waals surface area contributed by atoms with E-state index in [4.69, 9.17) is 9.47 Å². The number of carboxylic acid groups (broad SMARTS) is 1. The lowest BCUT2D eigenvalue weighted by Gasteiger charge is -2.28. The molecule has 1 heterocycles. The standard InChI is InChI=1S/C20H22BrN3O6/c1-19(2,3)29-17(27)24(18(28)30-20(4,5)6)15-11(10-22)14-12(21)8-7-9-13(14)23(15)16(25)26/h7-9H,1-6H3,(H,25,26). The summed E-state index contributed by atoms with van der Waals surface area (Å²) in [6.45, 7) is 9.54. The fourth-order valence-electron chi connectivity index (χ4n) is 2.66. The third-order valence-corrected chi connectivity index (χ3v) is 4.25. The van der Waals surface area contributed by atoms with Crippen molar-refractivity contribution in [3.8, 4) is 6.07 Å². The first-order valence-corrected chi connectivity index (χ1v) is 9.69. The average Bonchev–Trinajstić information content (AvgIpc) is 2.86. The molecule has 0 atom stereocenters. The molecule has 0 radical (unpaired) electrons. The minimum absolute atomic E-state index is 0.112. The number of carbonyl (C=O) groups is 3. The largest absolute Gasteiger partial charge is 0.464 e. The number of benzene rings is 1. The number of fused-ring (bicyclic) bond motifs is 1. The zero-order chi connectivity index (χ0) is 23.0. The van der Waals surface area contributed by atoms with E-state index in [-0.39, 0.29) is 16.5 Å². The first kappa shape index (κ1) is 23.2. The second kappa shape index (κ2) is 7.99. The maximum absolute atomic E-state index is 13.0. The molecule has 10 heteroatoms. The van der Waals surface area contributed by atoms with Crippen LogP contribution in [0, 0.1) is 11.3 Å². The van der Waals surface area contributed by atoms with Crippen molar-refractivity contribution >= 4 is 50.9 Å². The summed E-state index contributed by atoms with van der Waals surface area (Å²) in [5.74, 6) is -0.476. The maximum atomic E-state index is 13.0. The maximum Gasteiger partial charge on any atom is 0.425 e. The number of halogens is 1. The second-order valence-electron chi connectivity index (χ2n) is 8.36. The molecule has 160 valence electrons. The third-order valence-electron chi connectivity index (χ3n) is 3.58. The van der Waals surface area contributed by atoms with Crippen LogP contribution >= 0.6 is 15.9 Å². The minimum atomic E-state index is -1.49. The van der Waals surface area contributed by atoms with Crippen LogP contribution in [0.3, 0.4) is 0 Å². The van der Waals surface area contributed by atoms with Crippen LogP contribution in [0.25, 0.3) is 10.9 Å². The van der Waals surface area contributed by atoms with Crippen molar-refractivity contribution in [2.24, 2.45) is 0 Å². The molecule has 0 aliphatic heterocycles. The van der Waals surface area contributed by atoms with Crippen molar-refractivity contribution in [3.63, 3.8) is 0 Å². The highest BCUT2D eigenvalue weighted by atomic mass is 79.9. The SMILES string of the molecule is CC(C)(C)OC(=O)N(C(=O)OC(C)(C)C)c1c(C#N)c2c(Br)cccc2n1C(=O)O. The van der Waals surface area contributed by atoms with Crippen molar-refractivity contribution in [1.29, 1.82) is 5.26 Å². The van der Waals surface area contributed by atoms with Crippen LogP contribution in [0.4, 0.5) is 20.2 Å². The third kappa shape index (κ3) is 4.74. The number of rotatable bonds is 1. The molecule has 2 rings (SSSR count). The number of anilines is 1. The number of nitrogens with zero attached hydrogens (tertiary/aromatic N) is 3. The second-order valence-corrected chi connectivity index (χ2v) is 9.21. The molecule has 2 amide bonds. The summed E-state index contributed by atoms with van der Waals surface area (Å²) < 4.78 is 11.7. The molecular formula is C20H22BrN3O6. The van der Waals surface area contributed by atoms with E-state index in [1.54, 1.807) is 53.7 Å². The van der Waals surface area contributed by atoms with Gasteiger partial charge in [0.2, 0.25) is 0 Å². The molecule has 1 aromatic heterocycles. The Labute approximate surface area is 181 Å². The molecule has 0 aliphatic carbocycles. The van der Waals surface area contributed by atoms with Gasteiger partial charge in [0.05, 0.1) is 5.52 Å².